The summed E-state index contributed by atoms with van der Waals surface area (Å²) in [4.78, 5) is 2.46. The molecule has 0 amide bonds. The summed E-state index contributed by atoms with van der Waals surface area (Å²) in [5, 5.41) is 8.36. The van der Waals surface area contributed by atoms with Gasteiger partial charge in [0.1, 0.15) is 0 Å². The first-order valence-electron chi connectivity index (χ1n) is 5.80. The van der Waals surface area contributed by atoms with Gasteiger partial charge in [0.15, 0.2) is 0 Å². The normalized spacial score (nSPS) is 13.1. The van der Waals surface area contributed by atoms with Gasteiger partial charge in [-0.15, -0.1) is 0 Å². The van der Waals surface area contributed by atoms with Crippen LogP contribution in [0.25, 0.3) is 0 Å². The molecule has 0 spiro atoms. The fourth-order valence-electron chi connectivity index (χ4n) is 1.33. The van der Waals surface area contributed by atoms with Gasteiger partial charge < -0.3 is 5.11 Å². The molecule has 0 aliphatic carbocycles. The van der Waals surface area contributed by atoms with Gasteiger partial charge in [0.25, 0.3) is 0 Å². The SMILES string of the molecule is CCC(C)O.CCN(C(C)C)C(C)C. The minimum absolute atomic E-state index is 0.116. The first-order chi connectivity index (χ1) is 6.36. The highest BCUT2D eigenvalue weighted by Crippen LogP contribution is 2.02. The van der Waals surface area contributed by atoms with Crippen molar-refractivity contribution in [3.63, 3.8) is 0 Å². The lowest BCUT2D eigenvalue weighted by atomic mass is 10.2. The number of aliphatic hydroxyl groups is 1. The molecule has 0 aliphatic rings. The fourth-order valence-corrected chi connectivity index (χ4v) is 1.33. The van der Waals surface area contributed by atoms with Crippen molar-refractivity contribution >= 4 is 0 Å². The van der Waals surface area contributed by atoms with Crippen LogP contribution in [0, 0.1) is 0 Å². The van der Waals surface area contributed by atoms with E-state index in [0.717, 1.165) is 13.0 Å². The molecule has 1 unspecified atom stereocenters. The Morgan fingerprint density at radius 2 is 1.21 bits per heavy atom. The number of aliphatic hydroxyl groups excluding tert-OH is 1. The van der Waals surface area contributed by atoms with Gasteiger partial charge >= 0.3 is 0 Å². The Kier molecular flexibility index (Phi) is 11.1. The zero-order chi connectivity index (χ0) is 11.7. The van der Waals surface area contributed by atoms with Crippen LogP contribution in [0.4, 0.5) is 0 Å². The second-order valence-electron chi connectivity index (χ2n) is 4.28. The number of hydrogen-bond donors (Lipinski definition) is 1. The Morgan fingerprint density at radius 3 is 1.21 bits per heavy atom. The Morgan fingerprint density at radius 1 is 0.929 bits per heavy atom. The summed E-state index contributed by atoms with van der Waals surface area (Å²) in [6.07, 6.45) is 0.745. The van der Waals surface area contributed by atoms with Crippen LogP contribution in [0.5, 0.6) is 0 Å². The van der Waals surface area contributed by atoms with Crippen molar-refractivity contribution in [2.45, 2.75) is 73.1 Å². The molecule has 0 radical (unpaired) electrons. The summed E-state index contributed by atoms with van der Waals surface area (Å²) in [5.41, 5.74) is 0. The molecule has 0 aliphatic heterocycles. The largest absolute Gasteiger partial charge is 0.393 e. The smallest absolute Gasteiger partial charge is 0.0509 e. The van der Waals surface area contributed by atoms with Crippen molar-refractivity contribution in [3.8, 4) is 0 Å². The van der Waals surface area contributed by atoms with Gasteiger partial charge in [0.2, 0.25) is 0 Å². The Labute approximate surface area is 90.3 Å². The molecule has 0 saturated heterocycles. The first kappa shape index (κ1) is 16.4. The van der Waals surface area contributed by atoms with Crippen LogP contribution >= 0.6 is 0 Å². The van der Waals surface area contributed by atoms with E-state index in [1.54, 1.807) is 6.92 Å². The predicted molar refractivity (Wildman–Crippen MR) is 64.6 cm³/mol. The van der Waals surface area contributed by atoms with Crippen LogP contribution in [0.15, 0.2) is 0 Å². The Bertz CT molecular complexity index is 103. The number of hydrogen-bond acceptors (Lipinski definition) is 2. The highest BCUT2D eigenvalue weighted by Gasteiger charge is 2.08. The van der Waals surface area contributed by atoms with Crippen molar-refractivity contribution in [2.75, 3.05) is 6.54 Å². The molecule has 0 bridgehead atoms. The maximum absolute atomic E-state index is 8.36. The van der Waals surface area contributed by atoms with Gasteiger partial charge in [0, 0.05) is 12.1 Å². The fraction of sp³-hybridized carbons (Fsp3) is 1.00. The van der Waals surface area contributed by atoms with Gasteiger partial charge in [-0.25, -0.2) is 0 Å². The maximum Gasteiger partial charge on any atom is 0.0509 e. The molecule has 1 N–H and O–H groups in total. The van der Waals surface area contributed by atoms with Crippen LogP contribution in [0.2, 0.25) is 0 Å². The van der Waals surface area contributed by atoms with Crippen LogP contribution in [0.3, 0.4) is 0 Å². The molecule has 0 fully saturated rings. The lowest BCUT2D eigenvalue weighted by Crippen LogP contribution is -2.36. The summed E-state index contributed by atoms with van der Waals surface area (Å²) in [6, 6.07) is 1.38. The molecular formula is C12H29NO. The number of nitrogens with zero attached hydrogens (tertiary/aromatic N) is 1. The average molecular weight is 203 g/mol. The van der Waals surface area contributed by atoms with Gasteiger partial charge in [0.05, 0.1) is 6.10 Å². The minimum Gasteiger partial charge on any atom is -0.393 e. The molecule has 2 nitrogen and oxygen atoms in total. The Balaban J connectivity index is 0. The van der Waals surface area contributed by atoms with Gasteiger partial charge in [-0.2, -0.15) is 0 Å². The van der Waals surface area contributed by atoms with Gasteiger partial charge in [-0.05, 0) is 47.6 Å². The van der Waals surface area contributed by atoms with Crippen molar-refractivity contribution in [1.29, 1.82) is 0 Å². The van der Waals surface area contributed by atoms with Crippen LogP contribution in [-0.2, 0) is 0 Å². The van der Waals surface area contributed by atoms with E-state index in [9.17, 15) is 0 Å². The van der Waals surface area contributed by atoms with Gasteiger partial charge in [-0.1, -0.05) is 13.8 Å². The maximum atomic E-state index is 8.36. The van der Waals surface area contributed by atoms with E-state index in [-0.39, 0.29) is 6.10 Å². The van der Waals surface area contributed by atoms with Crippen LogP contribution in [0.1, 0.15) is 54.9 Å². The monoisotopic (exact) mass is 203 g/mol. The number of rotatable bonds is 4. The molecule has 0 aromatic rings. The lowest BCUT2D eigenvalue weighted by Gasteiger charge is -2.28. The van der Waals surface area contributed by atoms with Crippen molar-refractivity contribution in [3.05, 3.63) is 0 Å². The zero-order valence-corrected chi connectivity index (χ0v) is 11.0. The summed E-state index contributed by atoms with van der Waals surface area (Å²) >= 11 is 0. The van der Waals surface area contributed by atoms with Crippen LogP contribution < -0.4 is 0 Å². The van der Waals surface area contributed by atoms with E-state index in [4.69, 9.17) is 5.11 Å². The molecule has 0 heterocycles. The van der Waals surface area contributed by atoms with Crippen LogP contribution in [-0.4, -0.2) is 34.7 Å². The molecule has 0 saturated carbocycles. The lowest BCUT2D eigenvalue weighted by molar-refractivity contribution is 0.185. The second kappa shape index (κ2) is 9.47. The van der Waals surface area contributed by atoms with Crippen molar-refractivity contribution in [1.82, 2.24) is 4.90 Å². The highest BCUT2D eigenvalue weighted by molar-refractivity contribution is 4.64. The quantitative estimate of drug-likeness (QED) is 0.759. The predicted octanol–water partition coefficient (Wildman–Crippen LogP) is 2.90. The third-order valence-electron chi connectivity index (χ3n) is 2.28. The Hall–Kier alpha value is -0.0800. The second-order valence-corrected chi connectivity index (χ2v) is 4.28. The average Bonchev–Trinajstić information content (AvgIpc) is 2.05. The van der Waals surface area contributed by atoms with E-state index in [0.29, 0.717) is 12.1 Å². The topological polar surface area (TPSA) is 23.5 Å². The molecular weight excluding hydrogens is 174 g/mol. The molecule has 88 valence electrons. The third-order valence-corrected chi connectivity index (χ3v) is 2.28. The van der Waals surface area contributed by atoms with E-state index in [2.05, 4.69) is 39.5 Å². The summed E-state index contributed by atoms with van der Waals surface area (Å²) in [7, 11) is 0. The van der Waals surface area contributed by atoms with Crippen molar-refractivity contribution in [2.24, 2.45) is 0 Å². The molecule has 1 atom stereocenters. The molecule has 0 aromatic heterocycles. The van der Waals surface area contributed by atoms with E-state index in [1.165, 1.54) is 0 Å². The highest BCUT2D eigenvalue weighted by atomic mass is 16.3. The molecule has 2 heteroatoms. The molecule has 0 rings (SSSR count). The summed E-state index contributed by atoms with van der Waals surface area (Å²) in [6.45, 7) is 16.1. The third kappa shape index (κ3) is 10.0. The minimum atomic E-state index is -0.116. The first-order valence-corrected chi connectivity index (χ1v) is 5.80. The van der Waals surface area contributed by atoms with E-state index in [1.807, 2.05) is 6.92 Å². The molecule has 0 aromatic carbocycles. The summed E-state index contributed by atoms with van der Waals surface area (Å²) in [5.74, 6) is 0. The van der Waals surface area contributed by atoms with Crippen molar-refractivity contribution < 1.29 is 5.11 Å². The zero-order valence-electron chi connectivity index (χ0n) is 11.0. The van der Waals surface area contributed by atoms with E-state index < -0.39 is 0 Å². The molecule has 14 heavy (non-hydrogen) atoms. The van der Waals surface area contributed by atoms with Gasteiger partial charge in [-0.3, -0.25) is 4.90 Å². The standard InChI is InChI=1S/C8H19N.C4H10O/c1-6-9(7(2)3)8(4)5;1-3-4(2)5/h7-8H,6H2,1-5H3;4-5H,3H2,1-2H3. The summed E-state index contributed by atoms with van der Waals surface area (Å²) < 4.78 is 0. The van der Waals surface area contributed by atoms with E-state index >= 15 is 0 Å².